The maximum Gasteiger partial charge on any atom is 0.145 e. The fourth-order valence-corrected chi connectivity index (χ4v) is 8.64. The highest BCUT2D eigenvalue weighted by atomic mass is 15.1. The Morgan fingerprint density at radius 2 is 1.07 bits per heavy atom. The molecular weight excluding hydrogens is 653 g/mol. The molecule has 0 saturated heterocycles. The van der Waals surface area contributed by atoms with Crippen molar-refractivity contribution < 1.29 is 11.0 Å². The molecule has 0 saturated carbocycles. The summed E-state index contributed by atoms with van der Waals surface area (Å²) >= 11 is 0. The van der Waals surface area contributed by atoms with Crippen LogP contribution in [-0.4, -0.2) is 9.55 Å². The second-order valence-corrected chi connectivity index (χ2v) is 14.5. The van der Waals surface area contributed by atoms with Crippen LogP contribution in [0.5, 0.6) is 0 Å². The lowest BCUT2D eigenvalue weighted by Crippen LogP contribution is -2.14. The third-order valence-corrected chi connectivity index (χ3v) is 11.2. The number of hydrogen-bond acceptors (Lipinski definition) is 1. The van der Waals surface area contributed by atoms with E-state index in [0.717, 1.165) is 55.3 Å². The van der Waals surface area contributed by atoms with E-state index in [1.54, 1.807) is 0 Å². The first kappa shape index (κ1) is 23.7. The van der Waals surface area contributed by atoms with Crippen LogP contribution in [0.3, 0.4) is 0 Å². The summed E-state index contributed by atoms with van der Waals surface area (Å²) in [5.74, 6) is 0.698. The Balaban J connectivity index is 1.19. The molecule has 2 heteroatoms. The lowest BCUT2D eigenvalue weighted by molar-refractivity contribution is 0.660. The Bertz CT molecular complexity index is 3510. The molecule has 1 aromatic heterocycles. The minimum Gasteiger partial charge on any atom is -0.292 e. The number of benzene rings is 9. The van der Waals surface area contributed by atoms with Crippen LogP contribution in [0.1, 0.15) is 35.9 Å². The number of imidazole rings is 1. The van der Waals surface area contributed by atoms with Gasteiger partial charge in [-0.1, -0.05) is 165 Å². The predicted octanol–water partition coefficient (Wildman–Crippen LogP) is 13.8. The Labute approximate surface area is 325 Å². The first-order chi connectivity index (χ1) is 29.9. The van der Waals surface area contributed by atoms with Gasteiger partial charge < -0.3 is 0 Å². The maximum atomic E-state index is 9.47. The molecule has 2 nitrogen and oxygen atoms in total. The van der Waals surface area contributed by atoms with Crippen molar-refractivity contribution in [3.05, 3.63) is 193 Å². The first-order valence-corrected chi connectivity index (χ1v) is 18.1. The van der Waals surface area contributed by atoms with E-state index < -0.39 is 29.6 Å². The topological polar surface area (TPSA) is 17.8 Å². The van der Waals surface area contributed by atoms with E-state index in [1.165, 1.54) is 0 Å². The van der Waals surface area contributed by atoms with Crippen molar-refractivity contribution in [3.8, 4) is 50.5 Å². The van der Waals surface area contributed by atoms with Crippen molar-refractivity contribution in [3.63, 3.8) is 0 Å². The zero-order valence-corrected chi connectivity index (χ0v) is 29.6. The van der Waals surface area contributed by atoms with Crippen LogP contribution in [0.15, 0.2) is 182 Å². The predicted molar refractivity (Wildman–Crippen MR) is 227 cm³/mol. The second kappa shape index (κ2) is 11.6. The second-order valence-electron chi connectivity index (χ2n) is 14.5. The molecule has 9 aromatic carbocycles. The Hall–Kier alpha value is -6.77. The molecule has 1 aliphatic carbocycles. The highest BCUT2D eigenvalue weighted by Crippen LogP contribution is 2.51. The van der Waals surface area contributed by atoms with Crippen molar-refractivity contribution in [1.82, 2.24) is 9.55 Å². The number of nitrogens with zero attached hydrogens (tertiary/aromatic N) is 2. The maximum absolute atomic E-state index is 9.47. The number of para-hydroxylation sites is 2. The fraction of sp³-hybridized carbons (Fsp3) is 0.0577. The molecule has 1 heterocycles. The Kier molecular flexibility index (Phi) is 5.10. The standard InChI is InChI=1S/C52H36N2/c1-52(2)45-20-10-9-15-39(45)40-30-28-37(32-46(40)52)50-43-18-7-5-16-41(43)49(42-17-6-8-19-44(42)50)34-23-25-35(26-24-34)51-53-47-21-11-12-22-48(47)54(51)38-29-27-33-13-3-4-14-36(33)31-38/h3-32H,1-2H3/i5D,6D,7D,8D,16D,17D,18D,19D. The van der Waals surface area contributed by atoms with Gasteiger partial charge >= 0.3 is 0 Å². The third-order valence-electron chi connectivity index (χ3n) is 11.2. The summed E-state index contributed by atoms with van der Waals surface area (Å²) in [6, 6.07) is 41.4. The lowest BCUT2D eigenvalue weighted by atomic mass is 9.80. The number of hydrogen-bond donors (Lipinski definition) is 0. The van der Waals surface area contributed by atoms with Gasteiger partial charge in [-0.25, -0.2) is 4.98 Å². The van der Waals surface area contributed by atoms with Gasteiger partial charge in [-0.05, 0) is 107 Å². The zero-order chi connectivity index (χ0) is 42.9. The van der Waals surface area contributed by atoms with Gasteiger partial charge in [0.1, 0.15) is 5.82 Å². The van der Waals surface area contributed by atoms with Crippen molar-refractivity contribution >= 4 is 43.4 Å². The highest BCUT2D eigenvalue weighted by molar-refractivity contribution is 6.21. The molecule has 54 heavy (non-hydrogen) atoms. The van der Waals surface area contributed by atoms with E-state index in [1.807, 2.05) is 91.0 Å². The van der Waals surface area contributed by atoms with E-state index in [9.17, 15) is 5.48 Å². The molecule has 254 valence electrons. The minimum absolute atomic E-state index is 0.183. The van der Waals surface area contributed by atoms with Gasteiger partial charge in [0.25, 0.3) is 0 Å². The van der Waals surface area contributed by atoms with E-state index in [4.69, 9.17) is 10.5 Å². The summed E-state index contributed by atoms with van der Waals surface area (Å²) in [7, 11) is 0. The number of fused-ring (bicyclic) bond motifs is 7. The van der Waals surface area contributed by atoms with Gasteiger partial charge in [0.15, 0.2) is 0 Å². The third kappa shape index (κ3) is 4.50. The Morgan fingerprint density at radius 1 is 0.500 bits per heavy atom. The van der Waals surface area contributed by atoms with Crippen LogP contribution in [-0.2, 0) is 5.41 Å². The highest BCUT2D eigenvalue weighted by Gasteiger charge is 2.35. The van der Waals surface area contributed by atoms with Gasteiger partial charge in [-0.15, -0.1) is 0 Å². The largest absolute Gasteiger partial charge is 0.292 e. The summed E-state index contributed by atoms with van der Waals surface area (Å²) in [6.07, 6.45) is 0. The van der Waals surface area contributed by atoms with E-state index >= 15 is 0 Å². The van der Waals surface area contributed by atoms with Gasteiger partial charge in [-0.2, -0.15) is 0 Å². The fourth-order valence-electron chi connectivity index (χ4n) is 8.64. The average molecular weight is 697 g/mol. The molecule has 0 aliphatic heterocycles. The van der Waals surface area contributed by atoms with Gasteiger partial charge in [0.05, 0.1) is 22.0 Å². The molecule has 0 unspecified atom stereocenters. The van der Waals surface area contributed by atoms with Crippen molar-refractivity contribution in [2.45, 2.75) is 19.3 Å². The molecule has 1 aliphatic rings. The summed E-state index contributed by atoms with van der Waals surface area (Å²) in [6.45, 7) is 4.30. The van der Waals surface area contributed by atoms with Crippen LogP contribution in [0.4, 0.5) is 0 Å². The van der Waals surface area contributed by atoms with Crippen LogP contribution in [0.2, 0.25) is 0 Å². The average Bonchev–Trinajstić information content (AvgIpc) is 3.80. The van der Waals surface area contributed by atoms with Crippen LogP contribution >= 0.6 is 0 Å². The number of rotatable bonds is 4. The molecule has 0 atom stereocenters. The molecule has 0 N–H and O–H groups in total. The van der Waals surface area contributed by atoms with Crippen LogP contribution < -0.4 is 0 Å². The molecule has 10 aromatic rings. The molecule has 0 radical (unpaired) electrons. The summed E-state index contributed by atoms with van der Waals surface area (Å²) in [5.41, 5.74) is 9.21. The summed E-state index contributed by atoms with van der Waals surface area (Å²) in [4.78, 5) is 5.09. The molecule has 0 amide bonds. The smallest absolute Gasteiger partial charge is 0.145 e. The first-order valence-electron chi connectivity index (χ1n) is 22.1. The Morgan fingerprint density at radius 3 is 1.81 bits per heavy atom. The van der Waals surface area contributed by atoms with Crippen LogP contribution in [0.25, 0.3) is 93.8 Å². The van der Waals surface area contributed by atoms with Gasteiger partial charge in [-0.3, -0.25) is 4.57 Å². The summed E-state index contributed by atoms with van der Waals surface area (Å²) in [5, 5.41) is 2.97. The van der Waals surface area contributed by atoms with Crippen molar-refractivity contribution in [2.75, 3.05) is 0 Å². The quantitative estimate of drug-likeness (QED) is 0.168. The monoisotopic (exact) mass is 696 g/mol. The van der Waals surface area contributed by atoms with E-state index in [-0.39, 0.29) is 45.7 Å². The molecule has 0 bridgehead atoms. The normalized spacial score (nSPS) is 15.2. The molecule has 0 fully saturated rings. The molecule has 11 rings (SSSR count). The molecular formula is C52H36N2. The van der Waals surface area contributed by atoms with Crippen molar-refractivity contribution in [2.24, 2.45) is 0 Å². The minimum atomic E-state index is -0.429. The van der Waals surface area contributed by atoms with E-state index in [2.05, 4.69) is 60.9 Å². The van der Waals surface area contributed by atoms with Gasteiger partial charge in [0, 0.05) is 16.7 Å². The van der Waals surface area contributed by atoms with Crippen LogP contribution in [0, 0.1) is 0 Å². The van der Waals surface area contributed by atoms with E-state index in [0.29, 0.717) is 28.1 Å². The molecule has 0 spiro atoms. The lowest BCUT2D eigenvalue weighted by Gasteiger charge is -2.23. The van der Waals surface area contributed by atoms with Crippen molar-refractivity contribution in [1.29, 1.82) is 0 Å². The zero-order valence-electron chi connectivity index (χ0n) is 37.6. The summed E-state index contributed by atoms with van der Waals surface area (Å²) < 4.78 is 75.6. The SMILES string of the molecule is [2H]c1c([2H])c([2H])c2c(-c3ccc4c(c3)C(C)(C)c3ccccc3-4)c3c([2H])c([2H])c([2H])c([2H])c3c(-c3ccc(-c4nc5ccccc5n4-c4ccc5ccccc5c4)cc3)c2c1[2H]. The number of aromatic nitrogens is 2. The van der Waals surface area contributed by atoms with Gasteiger partial charge in [0.2, 0.25) is 0 Å².